The molecule has 0 amide bonds. The lowest BCUT2D eigenvalue weighted by Gasteiger charge is -2.24. The van der Waals surface area contributed by atoms with Gasteiger partial charge < -0.3 is 4.74 Å². The zero-order valence-corrected chi connectivity index (χ0v) is 13.9. The van der Waals surface area contributed by atoms with Gasteiger partial charge in [-0.1, -0.05) is 12.1 Å². The Labute approximate surface area is 143 Å². The van der Waals surface area contributed by atoms with E-state index < -0.39 is 0 Å². The second kappa shape index (κ2) is 9.43. The van der Waals surface area contributed by atoms with Gasteiger partial charge in [0.05, 0.1) is 6.20 Å². The van der Waals surface area contributed by atoms with Crippen LogP contribution in [0, 0.1) is 11.3 Å². The summed E-state index contributed by atoms with van der Waals surface area (Å²) in [6.45, 7) is 5.38. The van der Waals surface area contributed by atoms with Gasteiger partial charge in [0.1, 0.15) is 23.6 Å². The molecule has 24 heavy (non-hydrogen) atoms. The molecule has 0 saturated carbocycles. The topological polar surface area (TPSA) is 62.0 Å². The SMILES string of the molecule is C=CCCC(CN(C)Cc1cccnc1)Oc1ccc(C#N)nc1. The van der Waals surface area contributed by atoms with Crippen molar-refractivity contribution in [2.45, 2.75) is 25.5 Å². The molecule has 2 heterocycles. The molecule has 0 aromatic carbocycles. The fraction of sp³-hybridized carbons (Fsp3) is 0.316. The van der Waals surface area contributed by atoms with E-state index in [1.165, 1.54) is 5.56 Å². The minimum atomic E-state index is 0.0272. The first-order chi connectivity index (χ1) is 11.7. The zero-order chi connectivity index (χ0) is 17.2. The predicted octanol–water partition coefficient (Wildman–Crippen LogP) is 3.19. The largest absolute Gasteiger partial charge is 0.487 e. The van der Waals surface area contributed by atoms with E-state index in [0.29, 0.717) is 11.4 Å². The van der Waals surface area contributed by atoms with Gasteiger partial charge in [-0.2, -0.15) is 5.26 Å². The number of nitrogens with zero attached hydrogens (tertiary/aromatic N) is 4. The summed E-state index contributed by atoms with van der Waals surface area (Å²) in [7, 11) is 2.06. The van der Waals surface area contributed by atoms with Crippen LogP contribution >= 0.6 is 0 Å². The lowest BCUT2D eigenvalue weighted by atomic mass is 10.1. The molecule has 0 N–H and O–H groups in total. The smallest absolute Gasteiger partial charge is 0.140 e. The van der Waals surface area contributed by atoms with Crippen molar-refractivity contribution in [2.75, 3.05) is 13.6 Å². The minimum absolute atomic E-state index is 0.0272. The van der Waals surface area contributed by atoms with E-state index in [4.69, 9.17) is 10.00 Å². The number of hydrogen-bond donors (Lipinski definition) is 0. The van der Waals surface area contributed by atoms with Crippen molar-refractivity contribution in [3.8, 4) is 11.8 Å². The number of ether oxygens (including phenoxy) is 1. The Balaban J connectivity index is 1.96. The molecule has 2 aromatic heterocycles. The van der Waals surface area contributed by atoms with E-state index >= 15 is 0 Å². The molecule has 5 nitrogen and oxygen atoms in total. The second-order valence-electron chi connectivity index (χ2n) is 5.65. The van der Waals surface area contributed by atoms with Crippen molar-refractivity contribution >= 4 is 0 Å². The summed E-state index contributed by atoms with van der Waals surface area (Å²) in [5.74, 6) is 0.679. The molecule has 0 spiro atoms. The molecule has 1 unspecified atom stereocenters. The van der Waals surface area contributed by atoms with Gasteiger partial charge in [-0.05, 0) is 43.7 Å². The molecule has 1 atom stereocenters. The van der Waals surface area contributed by atoms with Gasteiger partial charge in [0.2, 0.25) is 0 Å². The summed E-state index contributed by atoms with van der Waals surface area (Å²) < 4.78 is 6.05. The number of rotatable bonds is 9. The standard InChI is InChI=1S/C19H22N4O/c1-3-4-7-19(24-18-9-8-17(11-20)22-13-18)15-23(2)14-16-6-5-10-21-12-16/h3,5-6,8-10,12-13,19H,1,4,7,14-15H2,2H3. The highest BCUT2D eigenvalue weighted by Crippen LogP contribution is 2.15. The molecule has 0 radical (unpaired) electrons. The molecular weight excluding hydrogens is 300 g/mol. The number of likely N-dealkylation sites (N-methyl/N-ethyl adjacent to an activating group) is 1. The van der Waals surface area contributed by atoms with E-state index in [9.17, 15) is 0 Å². The zero-order valence-electron chi connectivity index (χ0n) is 13.9. The first kappa shape index (κ1) is 17.6. The average molecular weight is 322 g/mol. The molecule has 0 bridgehead atoms. The molecule has 5 heteroatoms. The Hall–Kier alpha value is -2.71. The number of allylic oxidation sites excluding steroid dienone is 1. The Morgan fingerprint density at radius 3 is 2.88 bits per heavy atom. The lowest BCUT2D eigenvalue weighted by Crippen LogP contribution is -2.32. The van der Waals surface area contributed by atoms with Crippen molar-refractivity contribution in [1.29, 1.82) is 5.26 Å². The van der Waals surface area contributed by atoms with Crippen LogP contribution in [-0.2, 0) is 6.54 Å². The number of nitriles is 1. The van der Waals surface area contributed by atoms with Crippen molar-refractivity contribution in [3.63, 3.8) is 0 Å². The Morgan fingerprint density at radius 1 is 1.38 bits per heavy atom. The van der Waals surface area contributed by atoms with Crippen LogP contribution in [0.4, 0.5) is 0 Å². The Bertz CT molecular complexity index is 664. The maximum absolute atomic E-state index is 8.81. The molecule has 0 aliphatic carbocycles. The fourth-order valence-electron chi connectivity index (χ4n) is 2.42. The molecule has 0 aliphatic heterocycles. The predicted molar refractivity (Wildman–Crippen MR) is 93.4 cm³/mol. The normalized spacial score (nSPS) is 11.7. The van der Waals surface area contributed by atoms with Crippen LogP contribution in [-0.4, -0.2) is 34.6 Å². The van der Waals surface area contributed by atoms with Gasteiger partial charge >= 0.3 is 0 Å². The van der Waals surface area contributed by atoms with E-state index in [1.54, 1.807) is 24.5 Å². The summed E-state index contributed by atoms with van der Waals surface area (Å²) in [5, 5.41) is 8.81. The van der Waals surface area contributed by atoms with Gasteiger partial charge in [0.25, 0.3) is 0 Å². The van der Waals surface area contributed by atoms with Crippen molar-refractivity contribution in [1.82, 2.24) is 14.9 Å². The first-order valence-corrected chi connectivity index (χ1v) is 7.92. The number of aromatic nitrogens is 2. The summed E-state index contributed by atoms with van der Waals surface area (Å²) in [6, 6.07) is 9.46. The summed E-state index contributed by atoms with van der Waals surface area (Å²) in [6.07, 6.45) is 8.93. The molecule has 0 aliphatic rings. The van der Waals surface area contributed by atoms with Crippen molar-refractivity contribution in [3.05, 3.63) is 66.8 Å². The van der Waals surface area contributed by atoms with E-state index in [2.05, 4.69) is 34.6 Å². The van der Waals surface area contributed by atoms with E-state index in [-0.39, 0.29) is 6.10 Å². The Kier molecular flexibility index (Phi) is 6.93. The quantitative estimate of drug-likeness (QED) is 0.663. The molecule has 124 valence electrons. The molecule has 0 fully saturated rings. The van der Waals surface area contributed by atoms with Crippen LogP contribution in [0.5, 0.6) is 5.75 Å². The summed E-state index contributed by atoms with van der Waals surface area (Å²) in [4.78, 5) is 10.4. The third-order valence-corrected chi connectivity index (χ3v) is 3.54. The average Bonchev–Trinajstić information content (AvgIpc) is 2.61. The minimum Gasteiger partial charge on any atom is -0.487 e. The van der Waals surface area contributed by atoms with Crippen LogP contribution in [0.1, 0.15) is 24.1 Å². The van der Waals surface area contributed by atoms with Crippen LogP contribution < -0.4 is 4.74 Å². The highest BCUT2D eigenvalue weighted by molar-refractivity contribution is 5.26. The van der Waals surface area contributed by atoms with Gasteiger partial charge in [-0.3, -0.25) is 9.88 Å². The maximum Gasteiger partial charge on any atom is 0.140 e. The Morgan fingerprint density at radius 2 is 2.25 bits per heavy atom. The van der Waals surface area contributed by atoms with Gasteiger partial charge in [0.15, 0.2) is 0 Å². The van der Waals surface area contributed by atoms with Crippen LogP contribution in [0.3, 0.4) is 0 Å². The number of pyridine rings is 2. The molecule has 0 saturated heterocycles. The van der Waals surface area contributed by atoms with Gasteiger partial charge in [-0.15, -0.1) is 6.58 Å². The highest BCUT2D eigenvalue weighted by Gasteiger charge is 2.14. The first-order valence-electron chi connectivity index (χ1n) is 7.92. The highest BCUT2D eigenvalue weighted by atomic mass is 16.5. The third-order valence-electron chi connectivity index (χ3n) is 3.54. The van der Waals surface area contributed by atoms with Crippen molar-refractivity contribution in [2.24, 2.45) is 0 Å². The third kappa shape index (κ3) is 5.82. The molecule has 2 rings (SSSR count). The van der Waals surface area contributed by atoms with Crippen LogP contribution in [0.2, 0.25) is 0 Å². The van der Waals surface area contributed by atoms with Crippen molar-refractivity contribution < 1.29 is 4.74 Å². The summed E-state index contributed by atoms with van der Waals surface area (Å²) >= 11 is 0. The monoisotopic (exact) mass is 322 g/mol. The molecule has 2 aromatic rings. The number of hydrogen-bond acceptors (Lipinski definition) is 5. The van der Waals surface area contributed by atoms with E-state index in [1.807, 2.05) is 24.4 Å². The van der Waals surface area contributed by atoms with Gasteiger partial charge in [-0.25, -0.2) is 4.98 Å². The van der Waals surface area contributed by atoms with E-state index in [0.717, 1.165) is 25.9 Å². The maximum atomic E-state index is 8.81. The molecular formula is C19H22N4O. The summed E-state index contributed by atoms with van der Waals surface area (Å²) in [5.41, 5.74) is 1.56. The van der Waals surface area contributed by atoms with Gasteiger partial charge in [0, 0.05) is 25.5 Å². The fourth-order valence-corrected chi connectivity index (χ4v) is 2.42. The second-order valence-corrected chi connectivity index (χ2v) is 5.65. The van der Waals surface area contributed by atoms with Crippen LogP contribution in [0.25, 0.3) is 0 Å². The lowest BCUT2D eigenvalue weighted by molar-refractivity contribution is 0.136. The van der Waals surface area contributed by atoms with Crippen LogP contribution in [0.15, 0.2) is 55.5 Å².